The molecule has 0 atom stereocenters. The highest BCUT2D eigenvalue weighted by Crippen LogP contribution is 2.32. The molecule has 0 saturated carbocycles. The molecular weight excluding hydrogens is 334 g/mol. The predicted octanol–water partition coefficient (Wildman–Crippen LogP) is 1.62. The van der Waals surface area contributed by atoms with Crippen LogP contribution in [0.25, 0.3) is 0 Å². The summed E-state index contributed by atoms with van der Waals surface area (Å²) in [5.74, 6) is -0.874. The lowest BCUT2D eigenvalue weighted by atomic mass is 10.1. The van der Waals surface area contributed by atoms with Crippen LogP contribution in [0, 0.1) is 22.7 Å². The first-order valence-corrected chi connectivity index (χ1v) is 8.29. The second kappa shape index (κ2) is 7.99. The summed E-state index contributed by atoms with van der Waals surface area (Å²) in [5, 5.41) is 20.1. The van der Waals surface area contributed by atoms with Crippen LogP contribution >= 0.6 is 0 Å². The van der Waals surface area contributed by atoms with E-state index < -0.39 is 15.8 Å². The standard InChI is InChI=1S/C15H15N3O5S/c1-4-24(20,21)14-5-11(15(19)23-3)13(22-2)6-12(14)18-9-10(7-16)8-17/h5-6,9,18H,4H2,1-3H3. The molecule has 0 spiro atoms. The quantitative estimate of drug-likeness (QED) is 0.606. The van der Waals surface area contributed by atoms with Gasteiger partial charge in [-0.05, 0) is 6.07 Å². The number of rotatable bonds is 6. The smallest absolute Gasteiger partial charge is 0.341 e. The number of esters is 1. The van der Waals surface area contributed by atoms with Gasteiger partial charge in [0.05, 0.1) is 30.6 Å². The summed E-state index contributed by atoms with van der Waals surface area (Å²) in [6, 6.07) is 5.71. The lowest BCUT2D eigenvalue weighted by Crippen LogP contribution is -2.11. The summed E-state index contributed by atoms with van der Waals surface area (Å²) in [6.45, 7) is 1.45. The van der Waals surface area contributed by atoms with Gasteiger partial charge in [0.25, 0.3) is 0 Å². The molecule has 1 aromatic carbocycles. The van der Waals surface area contributed by atoms with Crippen LogP contribution in [-0.2, 0) is 14.6 Å². The van der Waals surface area contributed by atoms with Gasteiger partial charge in [-0.1, -0.05) is 6.92 Å². The number of nitrogens with one attached hydrogen (secondary N) is 1. The van der Waals surface area contributed by atoms with Crippen molar-refractivity contribution in [3.63, 3.8) is 0 Å². The summed E-state index contributed by atoms with van der Waals surface area (Å²) in [4.78, 5) is 11.6. The number of allylic oxidation sites excluding steroid dienone is 1. The largest absolute Gasteiger partial charge is 0.496 e. The van der Waals surface area contributed by atoms with Crippen molar-refractivity contribution >= 4 is 21.5 Å². The summed E-state index contributed by atoms with van der Waals surface area (Å²) in [7, 11) is -1.23. The number of nitrogens with zero attached hydrogens (tertiary/aromatic N) is 2. The van der Waals surface area contributed by atoms with Crippen molar-refractivity contribution in [2.75, 3.05) is 25.3 Å². The maximum Gasteiger partial charge on any atom is 0.341 e. The van der Waals surface area contributed by atoms with E-state index in [0.29, 0.717) is 0 Å². The summed E-state index contributed by atoms with van der Waals surface area (Å²) < 4.78 is 34.3. The van der Waals surface area contributed by atoms with Crippen LogP contribution in [0.3, 0.4) is 0 Å². The number of sulfone groups is 1. The summed E-state index contributed by atoms with van der Waals surface area (Å²) >= 11 is 0. The monoisotopic (exact) mass is 349 g/mol. The molecule has 0 aliphatic carbocycles. The van der Waals surface area contributed by atoms with Crippen molar-refractivity contribution in [1.82, 2.24) is 0 Å². The first-order valence-electron chi connectivity index (χ1n) is 6.64. The van der Waals surface area contributed by atoms with E-state index >= 15 is 0 Å². The first kappa shape index (κ1) is 19.0. The van der Waals surface area contributed by atoms with E-state index in [1.807, 2.05) is 0 Å². The van der Waals surface area contributed by atoms with Crippen molar-refractivity contribution in [2.45, 2.75) is 11.8 Å². The first-order chi connectivity index (χ1) is 11.3. The number of hydrogen-bond acceptors (Lipinski definition) is 8. The van der Waals surface area contributed by atoms with Crippen LogP contribution in [-0.4, -0.2) is 34.4 Å². The van der Waals surface area contributed by atoms with Gasteiger partial charge in [-0.3, -0.25) is 0 Å². The normalized spacial score (nSPS) is 10.0. The number of hydrogen-bond donors (Lipinski definition) is 1. The minimum Gasteiger partial charge on any atom is -0.496 e. The SMILES string of the molecule is CCS(=O)(=O)c1cc(C(=O)OC)c(OC)cc1NC=C(C#N)C#N. The van der Waals surface area contributed by atoms with Crippen LogP contribution in [0.5, 0.6) is 5.75 Å². The Bertz CT molecular complexity index is 844. The molecule has 0 aliphatic heterocycles. The van der Waals surface area contributed by atoms with Crippen molar-refractivity contribution in [3.05, 3.63) is 29.5 Å². The Morgan fingerprint density at radius 2 is 1.92 bits per heavy atom. The van der Waals surface area contributed by atoms with Crippen molar-refractivity contribution < 1.29 is 22.7 Å². The number of nitriles is 2. The van der Waals surface area contributed by atoms with Gasteiger partial charge in [0.1, 0.15) is 29.0 Å². The van der Waals surface area contributed by atoms with Crippen LogP contribution in [0.2, 0.25) is 0 Å². The Morgan fingerprint density at radius 1 is 1.29 bits per heavy atom. The molecule has 0 radical (unpaired) electrons. The molecular formula is C15H15N3O5S. The topological polar surface area (TPSA) is 129 Å². The highest BCUT2D eigenvalue weighted by molar-refractivity contribution is 7.91. The van der Waals surface area contributed by atoms with Gasteiger partial charge in [0.2, 0.25) is 0 Å². The van der Waals surface area contributed by atoms with E-state index in [-0.39, 0.29) is 33.2 Å². The third-order valence-corrected chi connectivity index (χ3v) is 4.80. The average Bonchev–Trinajstić information content (AvgIpc) is 2.61. The van der Waals surface area contributed by atoms with Crippen LogP contribution in [0.1, 0.15) is 17.3 Å². The van der Waals surface area contributed by atoms with Gasteiger partial charge in [0.15, 0.2) is 9.84 Å². The number of ether oxygens (including phenoxy) is 2. The number of carbonyl (C=O) groups is 1. The minimum absolute atomic E-state index is 0.0534. The molecule has 24 heavy (non-hydrogen) atoms. The fourth-order valence-electron chi connectivity index (χ4n) is 1.76. The molecule has 1 N–H and O–H groups in total. The minimum atomic E-state index is -3.70. The maximum absolute atomic E-state index is 12.3. The number of carbonyl (C=O) groups excluding carboxylic acids is 1. The number of anilines is 1. The predicted molar refractivity (Wildman–Crippen MR) is 85.0 cm³/mol. The van der Waals surface area contributed by atoms with Gasteiger partial charge in [0, 0.05) is 12.3 Å². The molecule has 8 nitrogen and oxygen atoms in total. The van der Waals surface area contributed by atoms with E-state index in [4.69, 9.17) is 15.3 Å². The fraction of sp³-hybridized carbons (Fsp3) is 0.267. The van der Waals surface area contributed by atoms with E-state index in [1.165, 1.54) is 20.1 Å². The zero-order valence-corrected chi connectivity index (χ0v) is 14.1. The molecule has 0 heterocycles. The van der Waals surface area contributed by atoms with E-state index in [9.17, 15) is 13.2 Å². The van der Waals surface area contributed by atoms with E-state index in [0.717, 1.165) is 19.4 Å². The van der Waals surface area contributed by atoms with E-state index in [2.05, 4.69) is 10.1 Å². The van der Waals surface area contributed by atoms with Crippen molar-refractivity contribution in [2.24, 2.45) is 0 Å². The maximum atomic E-state index is 12.3. The summed E-state index contributed by atoms with van der Waals surface area (Å²) in [6.07, 6.45) is 1.07. The molecule has 0 unspecified atom stereocenters. The molecule has 0 fully saturated rings. The van der Waals surface area contributed by atoms with Crippen LogP contribution in [0.4, 0.5) is 5.69 Å². The Morgan fingerprint density at radius 3 is 2.38 bits per heavy atom. The van der Waals surface area contributed by atoms with Crippen LogP contribution < -0.4 is 10.1 Å². The molecule has 126 valence electrons. The van der Waals surface area contributed by atoms with Gasteiger partial charge >= 0.3 is 5.97 Å². The number of benzene rings is 1. The van der Waals surface area contributed by atoms with Gasteiger partial charge in [-0.2, -0.15) is 10.5 Å². The summed E-state index contributed by atoms with van der Waals surface area (Å²) in [5.41, 5.74) is -0.224. The lowest BCUT2D eigenvalue weighted by molar-refractivity contribution is 0.0597. The number of methoxy groups -OCH3 is 2. The zero-order chi connectivity index (χ0) is 18.3. The second-order valence-corrected chi connectivity index (χ2v) is 6.62. The Kier molecular flexibility index (Phi) is 6.33. The fourth-order valence-corrected chi connectivity index (χ4v) is 2.82. The second-order valence-electron chi connectivity index (χ2n) is 4.37. The van der Waals surface area contributed by atoms with Crippen molar-refractivity contribution in [3.8, 4) is 17.9 Å². The highest BCUT2D eigenvalue weighted by atomic mass is 32.2. The van der Waals surface area contributed by atoms with Crippen LogP contribution in [0.15, 0.2) is 28.8 Å². The molecule has 1 rings (SSSR count). The Labute approximate surface area is 139 Å². The molecule has 0 aromatic heterocycles. The molecule has 9 heteroatoms. The highest BCUT2D eigenvalue weighted by Gasteiger charge is 2.23. The molecule has 0 bridgehead atoms. The van der Waals surface area contributed by atoms with Gasteiger partial charge in [-0.25, -0.2) is 13.2 Å². The third-order valence-electron chi connectivity index (χ3n) is 3.04. The Balaban J connectivity index is 3.63. The molecule has 0 saturated heterocycles. The average molecular weight is 349 g/mol. The Hall–Kier alpha value is -3.04. The third kappa shape index (κ3) is 4.03. The molecule has 0 aliphatic rings. The van der Waals surface area contributed by atoms with Gasteiger partial charge < -0.3 is 14.8 Å². The van der Waals surface area contributed by atoms with Crippen molar-refractivity contribution in [1.29, 1.82) is 10.5 Å². The lowest BCUT2D eigenvalue weighted by Gasteiger charge is -2.14. The zero-order valence-electron chi connectivity index (χ0n) is 13.3. The molecule has 0 amide bonds. The molecule has 1 aromatic rings. The van der Waals surface area contributed by atoms with E-state index in [1.54, 1.807) is 12.1 Å². The van der Waals surface area contributed by atoms with Gasteiger partial charge in [-0.15, -0.1) is 0 Å².